The van der Waals surface area contributed by atoms with Crippen LogP contribution in [0.25, 0.3) is 0 Å². The first-order valence-electron chi connectivity index (χ1n) is 9.38. The summed E-state index contributed by atoms with van der Waals surface area (Å²) in [6.07, 6.45) is -4.75. The minimum atomic E-state index is -4.53. The van der Waals surface area contributed by atoms with Crippen molar-refractivity contribution >= 4 is 23.2 Å². The van der Waals surface area contributed by atoms with Crippen molar-refractivity contribution in [2.75, 3.05) is 10.2 Å². The summed E-state index contributed by atoms with van der Waals surface area (Å²) in [6.45, 7) is 0.0759. The highest BCUT2D eigenvalue weighted by atomic mass is 19.4. The fraction of sp³-hybridized carbons (Fsp3) is 0.130. The van der Waals surface area contributed by atoms with E-state index < -0.39 is 29.4 Å². The van der Waals surface area contributed by atoms with E-state index in [-0.39, 0.29) is 35.5 Å². The molecule has 0 fully saturated rings. The molecule has 8 heteroatoms. The highest BCUT2D eigenvalue weighted by Crippen LogP contribution is 2.36. The molecule has 158 valence electrons. The van der Waals surface area contributed by atoms with Crippen molar-refractivity contribution in [3.63, 3.8) is 0 Å². The van der Waals surface area contributed by atoms with Gasteiger partial charge in [0.2, 0.25) is 5.91 Å². The number of hydrogen-bond donors (Lipinski definition) is 1. The van der Waals surface area contributed by atoms with E-state index in [1.54, 1.807) is 18.2 Å². The van der Waals surface area contributed by atoms with E-state index in [1.165, 1.54) is 41.3 Å². The standard InChI is InChI=1S/C23H16F4N2O2/c24-18-9-2-1-5-14(18)11-20(30)28-19-10-3-6-15-13-29(22(31)21(15)19)17-8-4-7-16(12-17)23(25,26)27/h1-10,12H,11,13H2,(H,28,30). The minimum absolute atomic E-state index is 0.0759. The second kappa shape index (κ2) is 7.86. The SMILES string of the molecule is O=C(Cc1ccccc1F)Nc1cccc2c1C(=O)N(c1cccc(C(F)(F)F)c1)C2. The van der Waals surface area contributed by atoms with Crippen LogP contribution in [0.3, 0.4) is 0 Å². The average Bonchev–Trinajstić information content (AvgIpc) is 3.07. The summed E-state index contributed by atoms with van der Waals surface area (Å²) in [5.74, 6) is -1.54. The molecule has 4 rings (SSSR count). The van der Waals surface area contributed by atoms with Crippen LogP contribution in [0.2, 0.25) is 0 Å². The van der Waals surface area contributed by atoms with Crippen LogP contribution in [-0.2, 0) is 23.9 Å². The van der Waals surface area contributed by atoms with Gasteiger partial charge >= 0.3 is 6.18 Å². The Kier molecular flexibility index (Phi) is 5.22. The number of hydrogen-bond acceptors (Lipinski definition) is 2. The van der Waals surface area contributed by atoms with E-state index in [0.717, 1.165) is 12.1 Å². The van der Waals surface area contributed by atoms with Crippen molar-refractivity contribution in [1.82, 2.24) is 0 Å². The molecule has 1 N–H and O–H groups in total. The largest absolute Gasteiger partial charge is 0.416 e. The number of anilines is 2. The highest BCUT2D eigenvalue weighted by molar-refractivity contribution is 6.15. The minimum Gasteiger partial charge on any atom is -0.325 e. The van der Waals surface area contributed by atoms with E-state index >= 15 is 0 Å². The molecule has 0 saturated carbocycles. The van der Waals surface area contributed by atoms with E-state index in [1.807, 2.05) is 0 Å². The third kappa shape index (κ3) is 4.14. The van der Waals surface area contributed by atoms with Gasteiger partial charge in [0.05, 0.1) is 29.8 Å². The van der Waals surface area contributed by atoms with Crippen LogP contribution in [0.15, 0.2) is 66.7 Å². The maximum Gasteiger partial charge on any atom is 0.416 e. The number of alkyl halides is 3. The lowest BCUT2D eigenvalue weighted by molar-refractivity contribution is -0.137. The monoisotopic (exact) mass is 428 g/mol. The van der Waals surface area contributed by atoms with Gasteiger partial charge in [-0.15, -0.1) is 0 Å². The van der Waals surface area contributed by atoms with Crippen molar-refractivity contribution in [3.05, 3.63) is 94.8 Å². The van der Waals surface area contributed by atoms with E-state index in [9.17, 15) is 27.2 Å². The molecule has 3 aromatic rings. The molecule has 0 atom stereocenters. The molecule has 4 nitrogen and oxygen atoms in total. The fourth-order valence-corrected chi connectivity index (χ4v) is 3.53. The Bertz CT molecular complexity index is 1170. The third-order valence-corrected chi connectivity index (χ3v) is 5.01. The summed E-state index contributed by atoms with van der Waals surface area (Å²) in [5, 5.41) is 2.62. The lowest BCUT2D eigenvalue weighted by Gasteiger charge is -2.18. The average molecular weight is 428 g/mol. The Labute approximate surface area is 175 Å². The summed E-state index contributed by atoms with van der Waals surface area (Å²) in [7, 11) is 0. The van der Waals surface area contributed by atoms with E-state index in [2.05, 4.69) is 5.32 Å². The van der Waals surface area contributed by atoms with Crippen LogP contribution in [-0.4, -0.2) is 11.8 Å². The lowest BCUT2D eigenvalue weighted by atomic mass is 10.1. The zero-order chi connectivity index (χ0) is 22.2. The number of nitrogens with zero attached hydrogens (tertiary/aromatic N) is 1. The van der Waals surface area contributed by atoms with Gasteiger partial charge in [-0.1, -0.05) is 36.4 Å². The quantitative estimate of drug-likeness (QED) is 0.582. The highest BCUT2D eigenvalue weighted by Gasteiger charge is 2.34. The van der Waals surface area contributed by atoms with Crippen LogP contribution >= 0.6 is 0 Å². The number of benzene rings is 3. The molecule has 0 aliphatic carbocycles. The Morgan fingerprint density at radius 2 is 1.74 bits per heavy atom. The first kappa shape index (κ1) is 20.6. The van der Waals surface area contributed by atoms with Gasteiger partial charge in [0.25, 0.3) is 5.91 Å². The summed E-state index contributed by atoms with van der Waals surface area (Å²) in [6, 6.07) is 15.2. The van der Waals surface area contributed by atoms with Crippen molar-refractivity contribution in [1.29, 1.82) is 0 Å². The maximum absolute atomic E-state index is 13.8. The first-order valence-corrected chi connectivity index (χ1v) is 9.38. The fourth-order valence-electron chi connectivity index (χ4n) is 3.53. The van der Waals surface area contributed by atoms with Crippen LogP contribution < -0.4 is 10.2 Å². The molecule has 2 amide bonds. The molecule has 31 heavy (non-hydrogen) atoms. The van der Waals surface area contributed by atoms with Gasteiger partial charge in [0.15, 0.2) is 0 Å². The van der Waals surface area contributed by atoms with Gasteiger partial charge in [-0.3, -0.25) is 9.59 Å². The van der Waals surface area contributed by atoms with Crippen molar-refractivity contribution in [2.24, 2.45) is 0 Å². The third-order valence-electron chi connectivity index (χ3n) is 5.01. The maximum atomic E-state index is 13.8. The smallest absolute Gasteiger partial charge is 0.325 e. The van der Waals surface area contributed by atoms with Gasteiger partial charge in [-0.05, 0) is 41.5 Å². The molecule has 0 aromatic heterocycles. The summed E-state index contributed by atoms with van der Waals surface area (Å²) < 4.78 is 53.0. The van der Waals surface area contributed by atoms with E-state index in [0.29, 0.717) is 5.56 Å². The number of rotatable bonds is 4. The van der Waals surface area contributed by atoms with Gasteiger partial charge in [0.1, 0.15) is 5.82 Å². The van der Waals surface area contributed by atoms with Gasteiger partial charge in [-0.25, -0.2) is 4.39 Å². The van der Waals surface area contributed by atoms with Crippen molar-refractivity contribution in [3.8, 4) is 0 Å². The van der Waals surface area contributed by atoms with Crippen LogP contribution in [0.4, 0.5) is 28.9 Å². The van der Waals surface area contributed by atoms with Gasteiger partial charge in [-0.2, -0.15) is 13.2 Å². The molecular formula is C23H16F4N2O2. The molecule has 3 aromatic carbocycles. The molecular weight excluding hydrogens is 412 g/mol. The number of halogens is 4. The van der Waals surface area contributed by atoms with Crippen LogP contribution in [0.1, 0.15) is 27.0 Å². The van der Waals surface area contributed by atoms with Crippen LogP contribution in [0.5, 0.6) is 0 Å². The molecule has 0 saturated heterocycles. The summed E-state index contributed by atoms with van der Waals surface area (Å²) in [5.41, 5.74) is 0.488. The Balaban J connectivity index is 1.58. The van der Waals surface area contributed by atoms with E-state index in [4.69, 9.17) is 0 Å². The molecule has 0 unspecified atom stereocenters. The predicted molar refractivity (Wildman–Crippen MR) is 107 cm³/mol. The predicted octanol–water partition coefficient (Wildman–Crippen LogP) is 5.19. The molecule has 0 bridgehead atoms. The van der Waals surface area contributed by atoms with Crippen molar-refractivity contribution in [2.45, 2.75) is 19.1 Å². The first-order chi connectivity index (χ1) is 14.7. The molecule has 0 radical (unpaired) electrons. The zero-order valence-corrected chi connectivity index (χ0v) is 16.0. The zero-order valence-electron chi connectivity index (χ0n) is 16.0. The Hall–Kier alpha value is -3.68. The topological polar surface area (TPSA) is 49.4 Å². The molecule has 1 aliphatic rings. The van der Waals surface area contributed by atoms with Crippen molar-refractivity contribution < 1.29 is 27.2 Å². The number of carbonyl (C=O) groups excluding carboxylic acids is 2. The summed E-state index contributed by atoms with van der Waals surface area (Å²) in [4.78, 5) is 26.7. The Morgan fingerprint density at radius 1 is 1.00 bits per heavy atom. The van der Waals surface area contributed by atoms with Gasteiger partial charge in [0, 0.05) is 5.69 Å². The summed E-state index contributed by atoms with van der Waals surface area (Å²) >= 11 is 0. The number of amides is 2. The molecule has 1 heterocycles. The molecule has 1 aliphatic heterocycles. The van der Waals surface area contributed by atoms with Crippen LogP contribution in [0, 0.1) is 5.82 Å². The molecule has 0 spiro atoms. The number of fused-ring (bicyclic) bond motifs is 1. The van der Waals surface area contributed by atoms with Gasteiger partial charge < -0.3 is 10.2 Å². The number of carbonyl (C=O) groups is 2. The Morgan fingerprint density at radius 3 is 2.48 bits per heavy atom. The number of nitrogens with one attached hydrogen (secondary N) is 1. The second-order valence-electron chi connectivity index (χ2n) is 7.10. The normalized spacial score (nSPS) is 13.3. The second-order valence-corrected chi connectivity index (χ2v) is 7.10. The lowest BCUT2D eigenvalue weighted by Crippen LogP contribution is -2.24.